The van der Waals surface area contributed by atoms with Gasteiger partial charge in [0.2, 0.25) is 0 Å². The van der Waals surface area contributed by atoms with Gasteiger partial charge >= 0.3 is 0 Å². The van der Waals surface area contributed by atoms with E-state index in [1.807, 2.05) is 37.3 Å². The number of hydrogen-bond donors (Lipinski definition) is 1. The number of halogens is 1. The van der Waals surface area contributed by atoms with E-state index in [1.165, 1.54) is 11.3 Å². The van der Waals surface area contributed by atoms with E-state index in [0.717, 1.165) is 21.0 Å². The molecule has 0 amide bonds. The molecule has 108 valence electrons. The molecule has 3 rings (SSSR count). The van der Waals surface area contributed by atoms with Crippen LogP contribution in [0.4, 0.5) is 0 Å². The summed E-state index contributed by atoms with van der Waals surface area (Å²) >= 11 is 7.42. The van der Waals surface area contributed by atoms with Gasteiger partial charge in [-0.1, -0.05) is 30.3 Å². The molecule has 1 aromatic carbocycles. The van der Waals surface area contributed by atoms with Crippen LogP contribution >= 0.6 is 22.9 Å². The highest BCUT2D eigenvalue weighted by molar-refractivity contribution is 7.16. The fraction of sp³-hybridized carbons (Fsp3) is 0.0667. The van der Waals surface area contributed by atoms with Crippen LogP contribution in [0.3, 0.4) is 0 Å². The van der Waals surface area contributed by atoms with Crippen LogP contribution in [0, 0.1) is 11.3 Å². The van der Waals surface area contributed by atoms with Crippen molar-refractivity contribution < 1.29 is 0 Å². The third kappa shape index (κ3) is 2.52. The second-order valence-electron chi connectivity index (χ2n) is 4.62. The molecule has 2 heterocycles. The first-order chi connectivity index (χ1) is 10.6. The summed E-state index contributed by atoms with van der Waals surface area (Å²) in [5.41, 5.74) is 3.09. The van der Waals surface area contributed by atoms with E-state index < -0.39 is 0 Å². The molecule has 2 aromatic heterocycles. The Kier molecular flexibility index (Phi) is 3.75. The monoisotopic (exact) mass is 327 g/mol. The second kappa shape index (κ2) is 5.72. The molecule has 0 unspecified atom stereocenters. The van der Waals surface area contributed by atoms with Gasteiger partial charge in [0.25, 0.3) is 0 Å². The third-order valence-electron chi connectivity index (χ3n) is 2.98. The highest BCUT2D eigenvalue weighted by atomic mass is 35.5. The topological polar surface area (TPSA) is 78.2 Å². The number of nitriles is 1. The van der Waals surface area contributed by atoms with E-state index in [0.29, 0.717) is 16.4 Å². The molecule has 0 aliphatic heterocycles. The molecule has 0 bridgehead atoms. The van der Waals surface area contributed by atoms with Crippen LogP contribution in [0.25, 0.3) is 27.5 Å². The maximum atomic E-state index is 9.12. The SMILES string of the molecule is C=C(C)c1sc(-c2ccc(Cl)cc2)nc1-c1n[nH]nc1C#N. The van der Waals surface area contributed by atoms with Crippen LogP contribution in [-0.2, 0) is 0 Å². The molecule has 0 aliphatic rings. The minimum atomic E-state index is 0.218. The normalized spacial score (nSPS) is 10.4. The first-order valence-electron chi connectivity index (χ1n) is 6.34. The summed E-state index contributed by atoms with van der Waals surface area (Å²) in [7, 11) is 0. The van der Waals surface area contributed by atoms with Gasteiger partial charge in [-0.15, -0.1) is 16.4 Å². The average Bonchev–Trinajstić information content (AvgIpc) is 3.14. The lowest BCUT2D eigenvalue weighted by atomic mass is 10.1. The number of hydrogen-bond acceptors (Lipinski definition) is 5. The van der Waals surface area contributed by atoms with Gasteiger partial charge in [0.05, 0.1) is 4.88 Å². The molecule has 1 N–H and O–H groups in total. The zero-order chi connectivity index (χ0) is 15.7. The van der Waals surface area contributed by atoms with Gasteiger partial charge in [0, 0.05) is 10.6 Å². The molecule has 0 spiro atoms. The number of allylic oxidation sites excluding steroid dienone is 1. The Bertz CT molecular complexity index is 886. The van der Waals surface area contributed by atoms with E-state index >= 15 is 0 Å². The smallest absolute Gasteiger partial charge is 0.192 e. The standard InChI is InChI=1S/C15H10ClN5S/c1-8(2)14-13(12-11(7-17)19-21-20-12)18-15(22-14)9-3-5-10(16)6-4-9/h3-6H,1H2,2H3,(H,19,20,21). The largest absolute Gasteiger partial charge is 0.234 e. The van der Waals surface area contributed by atoms with Gasteiger partial charge in [-0.3, -0.25) is 0 Å². The number of nitrogens with one attached hydrogen (secondary N) is 1. The van der Waals surface area contributed by atoms with Gasteiger partial charge in [0.1, 0.15) is 16.8 Å². The van der Waals surface area contributed by atoms with Gasteiger partial charge < -0.3 is 0 Å². The van der Waals surface area contributed by atoms with Gasteiger partial charge in [-0.2, -0.15) is 15.6 Å². The van der Waals surface area contributed by atoms with Crippen molar-refractivity contribution in [2.24, 2.45) is 0 Å². The summed E-state index contributed by atoms with van der Waals surface area (Å²) in [6.45, 7) is 5.88. The summed E-state index contributed by atoms with van der Waals surface area (Å²) < 4.78 is 0. The third-order valence-corrected chi connectivity index (χ3v) is 4.50. The lowest BCUT2D eigenvalue weighted by molar-refractivity contribution is 0.936. The molecule has 0 saturated heterocycles. The summed E-state index contributed by atoms with van der Waals surface area (Å²) in [5.74, 6) is 0. The molecule has 0 fully saturated rings. The van der Waals surface area contributed by atoms with E-state index in [-0.39, 0.29) is 5.69 Å². The van der Waals surface area contributed by atoms with Gasteiger partial charge in [-0.25, -0.2) is 4.98 Å². The van der Waals surface area contributed by atoms with Gasteiger partial charge in [0.15, 0.2) is 11.4 Å². The van der Waals surface area contributed by atoms with E-state index in [2.05, 4.69) is 27.0 Å². The number of thiazole rings is 1. The van der Waals surface area contributed by atoms with E-state index in [9.17, 15) is 0 Å². The maximum Gasteiger partial charge on any atom is 0.192 e. The number of H-pyrrole nitrogens is 1. The zero-order valence-corrected chi connectivity index (χ0v) is 13.2. The fourth-order valence-corrected chi connectivity index (χ4v) is 3.08. The quantitative estimate of drug-likeness (QED) is 0.783. The minimum Gasteiger partial charge on any atom is -0.234 e. The first-order valence-corrected chi connectivity index (χ1v) is 7.53. The lowest BCUT2D eigenvalue weighted by Crippen LogP contribution is -1.87. The first kappa shape index (κ1) is 14.4. The number of benzene rings is 1. The predicted molar refractivity (Wildman–Crippen MR) is 87.4 cm³/mol. The molecule has 22 heavy (non-hydrogen) atoms. The molecular formula is C15H10ClN5S. The highest BCUT2D eigenvalue weighted by Gasteiger charge is 2.20. The van der Waals surface area contributed by atoms with Crippen molar-refractivity contribution in [3.8, 4) is 28.0 Å². The minimum absolute atomic E-state index is 0.218. The van der Waals surface area contributed by atoms with Crippen molar-refractivity contribution in [1.29, 1.82) is 5.26 Å². The van der Waals surface area contributed by atoms with E-state index in [1.54, 1.807) is 0 Å². The van der Waals surface area contributed by atoms with Crippen LogP contribution in [0.2, 0.25) is 5.02 Å². The van der Waals surface area contributed by atoms with Crippen LogP contribution < -0.4 is 0 Å². The molecule has 0 radical (unpaired) electrons. The van der Waals surface area contributed by atoms with Gasteiger partial charge in [-0.05, 0) is 24.6 Å². The summed E-state index contributed by atoms with van der Waals surface area (Å²) in [6, 6.07) is 9.45. The number of rotatable bonds is 3. The summed E-state index contributed by atoms with van der Waals surface area (Å²) in [5, 5.41) is 20.9. The van der Waals surface area contributed by atoms with Crippen LogP contribution in [-0.4, -0.2) is 20.4 Å². The fourth-order valence-electron chi connectivity index (χ4n) is 1.96. The van der Waals surface area contributed by atoms with Crippen molar-refractivity contribution in [3.63, 3.8) is 0 Å². The number of aromatic nitrogens is 4. The average molecular weight is 328 g/mol. The number of aromatic amines is 1. The van der Waals surface area contributed by atoms with Crippen molar-refractivity contribution in [1.82, 2.24) is 20.4 Å². The Hall–Kier alpha value is -2.49. The lowest BCUT2D eigenvalue weighted by Gasteiger charge is -1.96. The molecule has 0 aliphatic carbocycles. The molecule has 0 atom stereocenters. The van der Waals surface area contributed by atoms with Crippen molar-refractivity contribution >= 4 is 28.5 Å². The Labute approximate surface area is 135 Å². The molecule has 0 saturated carbocycles. The van der Waals surface area contributed by atoms with Crippen LogP contribution in [0.15, 0.2) is 30.8 Å². The predicted octanol–water partition coefficient (Wildman–Crippen LogP) is 4.15. The Morgan fingerprint density at radius 2 is 2.00 bits per heavy atom. The molecule has 7 heteroatoms. The number of nitrogens with zero attached hydrogens (tertiary/aromatic N) is 4. The van der Waals surface area contributed by atoms with Crippen molar-refractivity contribution in [2.75, 3.05) is 0 Å². The Morgan fingerprint density at radius 1 is 1.27 bits per heavy atom. The maximum absolute atomic E-state index is 9.12. The molecule has 3 aromatic rings. The van der Waals surface area contributed by atoms with Crippen molar-refractivity contribution in [3.05, 3.63) is 46.4 Å². The molecular weight excluding hydrogens is 318 g/mol. The Balaban J connectivity index is 2.17. The van der Waals surface area contributed by atoms with E-state index in [4.69, 9.17) is 16.9 Å². The van der Waals surface area contributed by atoms with Crippen molar-refractivity contribution in [2.45, 2.75) is 6.92 Å². The second-order valence-corrected chi connectivity index (χ2v) is 6.05. The summed E-state index contributed by atoms with van der Waals surface area (Å²) in [6.07, 6.45) is 0. The molecule has 5 nitrogen and oxygen atoms in total. The van der Waals surface area contributed by atoms with Crippen LogP contribution in [0.5, 0.6) is 0 Å². The summed E-state index contributed by atoms with van der Waals surface area (Å²) in [4.78, 5) is 5.51. The Morgan fingerprint density at radius 3 is 2.64 bits per heavy atom. The highest BCUT2D eigenvalue weighted by Crippen LogP contribution is 2.37. The zero-order valence-electron chi connectivity index (χ0n) is 11.6. The van der Waals surface area contributed by atoms with Crippen LogP contribution in [0.1, 0.15) is 17.5 Å².